The molecule has 0 radical (unpaired) electrons. The summed E-state index contributed by atoms with van der Waals surface area (Å²) in [5, 5.41) is 28.9. The van der Waals surface area contributed by atoms with Crippen LogP contribution in [0.15, 0.2) is 12.7 Å². The van der Waals surface area contributed by atoms with Gasteiger partial charge < -0.3 is 50.5 Å². The molecule has 1 aliphatic rings. The van der Waals surface area contributed by atoms with Gasteiger partial charge in [0, 0.05) is 37.1 Å². The first-order valence-electron chi connectivity index (χ1n) is 15.6. The monoisotopic (exact) mass is 837 g/mol. The Balaban J connectivity index is 1.66. The molecule has 0 spiro atoms. The molecule has 1 fully saturated rings. The second-order valence-electron chi connectivity index (χ2n) is 12.1. The lowest BCUT2D eigenvalue weighted by atomic mass is 9.87. The zero-order valence-electron chi connectivity index (χ0n) is 28.5. The number of phosphoric acid groups is 3. The Morgan fingerprint density at radius 3 is 2.34 bits per heavy atom. The minimum atomic E-state index is -5.58. The molecular formula is C25H42N7O17P3S. The molecule has 300 valence electrons. The van der Waals surface area contributed by atoms with Crippen molar-refractivity contribution >= 4 is 70.8 Å². The molecule has 0 aromatic carbocycles. The molecule has 24 nitrogen and oxygen atoms in total. The molecule has 0 saturated carbocycles. The number of fused-ring (bicyclic) bond motifs is 1. The third kappa shape index (κ3) is 13.4. The van der Waals surface area contributed by atoms with Gasteiger partial charge in [-0.3, -0.25) is 32.5 Å². The highest BCUT2D eigenvalue weighted by Gasteiger charge is 2.50. The molecule has 3 rings (SSSR count). The maximum Gasteiger partial charge on any atom is 0.481 e. The number of nitrogens with zero attached hydrogens (tertiary/aromatic N) is 4. The van der Waals surface area contributed by atoms with Crippen LogP contribution in [0.5, 0.6) is 0 Å². The van der Waals surface area contributed by atoms with Gasteiger partial charge in [-0.25, -0.2) is 28.6 Å². The molecule has 28 heteroatoms. The van der Waals surface area contributed by atoms with Crippen LogP contribution in [0, 0.1) is 5.41 Å². The third-order valence-corrected chi connectivity index (χ3v) is 10.5. The van der Waals surface area contributed by atoms with Crippen molar-refractivity contribution in [1.29, 1.82) is 0 Å². The van der Waals surface area contributed by atoms with Crippen LogP contribution in [-0.2, 0) is 50.7 Å². The van der Waals surface area contributed by atoms with Crippen molar-refractivity contribution in [2.45, 2.75) is 70.7 Å². The van der Waals surface area contributed by atoms with Gasteiger partial charge in [-0.05, 0) is 6.42 Å². The number of hydrogen-bond acceptors (Lipinski definition) is 17. The van der Waals surface area contributed by atoms with Gasteiger partial charge >= 0.3 is 23.5 Å². The largest absolute Gasteiger partial charge is 0.481 e. The Morgan fingerprint density at radius 1 is 1.02 bits per heavy atom. The number of imidazole rings is 1. The zero-order chi connectivity index (χ0) is 39.8. The van der Waals surface area contributed by atoms with Gasteiger partial charge in [0.25, 0.3) is 0 Å². The minimum Gasteiger partial charge on any atom is -0.386 e. The molecule has 53 heavy (non-hydrogen) atoms. The Kier molecular flexibility index (Phi) is 16.1. The smallest absolute Gasteiger partial charge is 0.386 e. The second kappa shape index (κ2) is 18.9. The normalized spacial score (nSPS) is 22.2. The minimum absolute atomic E-state index is 0.0132. The van der Waals surface area contributed by atoms with Crippen molar-refractivity contribution in [1.82, 2.24) is 30.2 Å². The predicted molar refractivity (Wildman–Crippen MR) is 183 cm³/mol. The molecule has 1 saturated heterocycles. The highest BCUT2D eigenvalue weighted by atomic mass is 32.1. The number of thiol groups is 1. The molecule has 0 aliphatic carbocycles. The van der Waals surface area contributed by atoms with Gasteiger partial charge in [0.05, 0.1) is 19.5 Å². The van der Waals surface area contributed by atoms with Gasteiger partial charge in [-0.2, -0.15) is 16.9 Å². The summed E-state index contributed by atoms with van der Waals surface area (Å²) in [7, 11) is -16.4. The van der Waals surface area contributed by atoms with Gasteiger partial charge in [0.15, 0.2) is 23.2 Å². The average Bonchev–Trinajstić information content (AvgIpc) is 3.61. The molecule has 2 unspecified atom stereocenters. The highest BCUT2D eigenvalue weighted by Crippen LogP contribution is 2.61. The number of hydrogen-bond donors (Lipinski definition) is 10. The first kappa shape index (κ1) is 45.0. The summed E-state index contributed by atoms with van der Waals surface area (Å²) in [5.74, 6) is -1.29. The maximum atomic E-state index is 12.7. The summed E-state index contributed by atoms with van der Waals surface area (Å²) in [4.78, 5) is 87.6. The number of carbonyl (C=O) groups excluding carboxylic acids is 3. The van der Waals surface area contributed by atoms with E-state index in [1.165, 1.54) is 13.8 Å². The van der Waals surface area contributed by atoms with Crippen molar-refractivity contribution in [2.75, 3.05) is 37.4 Å². The summed E-state index contributed by atoms with van der Waals surface area (Å²) < 4.78 is 62.2. The molecule has 3 amide bonds. The maximum absolute atomic E-state index is 12.7. The second-order valence-corrected chi connectivity index (χ2v) is 16.7. The van der Waals surface area contributed by atoms with Gasteiger partial charge in [-0.15, -0.1) is 0 Å². The SMILES string of the molecule is CCCC(=O)Nc1ncnc2c1ncn2[C@@H]1O[C@H](COP(=O)(O)OP(=O)(O)OCC(C)(C)[C@H](O)C(=O)NCCC(=O)NCCS)[C@@H](OP(=O)(O)O)[C@H]1O. The summed E-state index contributed by atoms with van der Waals surface area (Å²) in [5.41, 5.74) is -1.56. The Hall–Kier alpha value is -2.44. The summed E-state index contributed by atoms with van der Waals surface area (Å²) in [6.45, 7) is 2.44. The van der Waals surface area contributed by atoms with E-state index in [9.17, 15) is 57.9 Å². The number of carbonyl (C=O) groups is 3. The first-order chi connectivity index (χ1) is 24.6. The number of aliphatic hydroxyl groups excluding tert-OH is 2. The number of rotatable bonds is 21. The average molecular weight is 838 g/mol. The lowest BCUT2D eigenvalue weighted by molar-refractivity contribution is -0.137. The topological polar surface area (TPSA) is 350 Å². The number of aliphatic hydroxyl groups is 2. The molecule has 2 aromatic heterocycles. The quantitative estimate of drug-likeness (QED) is 0.0559. The van der Waals surface area contributed by atoms with Crippen LogP contribution in [0.25, 0.3) is 11.2 Å². The molecule has 3 heterocycles. The number of ether oxygens (including phenoxy) is 1. The first-order valence-corrected chi connectivity index (χ1v) is 20.8. The van der Waals surface area contributed by atoms with E-state index in [0.717, 1.165) is 17.2 Å². The molecule has 9 N–H and O–H groups in total. The third-order valence-electron chi connectivity index (χ3n) is 7.22. The zero-order valence-corrected chi connectivity index (χ0v) is 32.0. The van der Waals surface area contributed by atoms with Crippen molar-refractivity contribution < 1.29 is 80.5 Å². The molecule has 0 bridgehead atoms. The van der Waals surface area contributed by atoms with Crippen LogP contribution in [0.3, 0.4) is 0 Å². The van der Waals surface area contributed by atoms with Crippen molar-refractivity contribution in [3.63, 3.8) is 0 Å². The lowest BCUT2D eigenvalue weighted by Gasteiger charge is -2.30. The summed E-state index contributed by atoms with van der Waals surface area (Å²) >= 11 is 3.95. The Bertz CT molecular complexity index is 1750. The number of nitrogens with one attached hydrogen (secondary N) is 3. The summed E-state index contributed by atoms with van der Waals surface area (Å²) in [6, 6.07) is 0. The fourth-order valence-electron chi connectivity index (χ4n) is 4.63. The fourth-order valence-corrected chi connectivity index (χ4v) is 7.57. The van der Waals surface area contributed by atoms with E-state index >= 15 is 0 Å². The van der Waals surface area contributed by atoms with E-state index in [-0.39, 0.29) is 48.2 Å². The van der Waals surface area contributed by atoms with E-state index < -0.39 is 78.6 Å². The van der Waals surface area contributed by atoms with E-state index in [1.54, 1.807) is 6.92 Å². The molecule has 7 atom stereocenters. The van der Waals surface area contributed by atoms with Crippen LogP contribution in [0.2, 0.25) is 0 Å². The number of aromatic nitrogens is 4. The van der Waals surface area contributed by atoms with Crippen molar-refractivity contribution in [2.24, 2.45) is 5.41 Å². The number of phosphoric ester groups is 3. The van der Waals surface area contributed by atoms with Gasteiger partial charge in [0.2, 0.25) is 17.7 Å². The predicted octanol–water partition coefficient (Wildman–Crippen LogP) is -0.509. The van der Waals surface area contributed by atoms with Gasteiger partial charge in [-0.1, -0.05) is 20.8 Å². The van der Waals surface area contributed by atoms with Crippen molar-refractivity contribution in [3.8, 4) is 0 Å². The summed E-state index contributed by atoms with van der Waals surface area (Å²) in [6.07, 6.45) is -6.27. The standard InChI is InChI=1S/C25H42N7O17P3S/c1-4-5-16(34)31-21-17-22(29-12-28-21)32(13-30-17)24-18(35)19(48-50(38,39)40)14(47-24)10-45-51(41,42)49-52(43,44)46-11-25(2,3)20(36)23(37)27-7-6-15(33)26-8-9-53/h12-14,18-20,24,35-36,53H,4-11H2,1-3H3,(H,26,33)(H,27,37)(H,41,42)(H,43,44)(H2,38,39,40)(H,28,29,31,34)/t14-,18-,19-,20-,24-/m1/s1. The van der Waals surface area contributed by atoms with Crippen LogP contribution in [0.4, 0.5) is 5.82 Å². The number of anilines is 1. The van der Waals surface area contributed by atoms with Crippen LogP contribution >= 0.6 is 36.1 Å². The van der Waals surface area contributed by atoms with E-state index in [4.69, 9.17) is 13.8 Å². The molecule has 2 aromatic rings. The van der Waals surface area contributed by atoms with Crippen LogP contribution in [0.1, 0.15) is 46.3 Å². The van der Waals surface area contributed by atoms with Crippen LogP contribution < -0.4 is 16.0 Å². The van der Waals surface area contributed by atoms with E-state index in [2.05, 4.69) is 52.4 Å². The van der Waals surface area contributed by atoms with Crippen LogP contribution in [-0.4, -0.2) is 123 Å². The Morgan fingerprint density at radius 2 is 1.70 bits per heavy atom. The number of amides is 3. The Labute approximate surface area is 307 Å². The van der Waals surface area contributed by atoms with Gasteiger partial charge in [0.1, 0.15) is 30.7 Å². The molecular weight excluding hydrogens is 795 g/mol. The van der Waals surface area contributed by atoms with Crippen molar-refractivity contribution in [3.05, 3.63) is 12.7 Å². The van der Waals surface area contributed by atoms with E-state index in [0.29, 0.717) is 18.7 Å². The lowest BCUT2D eigenvalue weighted by Crippen LogP contribution is -2.46. The molecule has 1 aliphatic heterocycles. The fraction of sp³-hybridized carbons (Fsp3) is 0.680. The highest BCUT2D eigenvalue weighted by molar-refractivity contribution is 7.80. The van der Waals surface area contributed by atoms with E-state index in [1.807, 2.05) is 0 Å².